The zero-order chi connectivity index (χ0) is 10.7. The van der Waals surface area contributed by atoms with Gasteiger partial charge in [0.15, 0.2) is 0 Å². The lowest BCUT2D eigenvalue weighted by Gasteiger charge is -2.03. The highest BCUT2D eigenvalue weighted by molar-refractivity contribution is 5.63. The summed E-state index contributed by atoms with van der Waals surface area (Å²) in [5, 5.41) is 0. The second kappa shape index (κ2) is 4.28. The van der Waals surface area contributed by atoms with Crippen molar-refractivity contribution in [3.63, 3.8) is 0 Å². The molecule has 1 heteroatoms. The van der Waals surface area contributed by atoms with Crippen LogP contribution in [0.1, 0.15) is 11.1 Å². The average molecular weight is 196 g/mol. The van der Waals surface area contributed by atoms with E-state index >= 15 is 0 Å². The standard InChI is InChI=1S/C14H14N/c1-11-2-6-13(7-3-11)14-8-4-12(10-15)5-9-14/h2,4-9H,10,15H2,1H3. The van der Waals surface area contributed by atoms with Crippen molar-refractivity contribution >= 4 is 0 Å². The van der Waals surface area contributed by atoms with Gasteiger partial charge < -0.3 is 5.73 Å². The number of hydrogen-bond donors (Lipinski definition) is 1. The molecule has 2 N–H and O–H groups in total. The SMILES string of the molecule is Cc1[c]cc(-c2ccc(CN)cc2)cc1. The number of nitrogens with two attached hydrogens (primary N) is 1. The number of benzene rings is 2. The molecule has 0 unspecified atom stereocenters. The third-order valence-electron chi connectivity index (χ3n) is 2.49. The van der Waals surface area contributed by atoms with E-state index < -0.39 is 0 Å². The highest BCUT2D eigenvalue weighted by atomic mass is 14.5. The van der Waals surface area contributed by atoms with Gasteiger partial charge in [-0.3, -0.25) is 0 Å². The van der Waals surface area contributed by atoms with Gasteiger partial charge in [0.1, 0.15) is 0 Å². The highest BCUT2D eigenvalue weighted by Crippen LogP contribution is 2.19. The van der Waals surface area contributed by atoms with Crippen LogP contribution in [0.2, 0.25) is 0 Å². The zero-order valence-corrected chi connectivity index (χ0v) is 8.83. The van der Waals surface area contributed by atoms with E-state index in [0.29, 0.717) is 6.54 Å². The summed E-state index contributed by atoms with van der Waals surface area (Å²) >= 11 is 0. The van der Waals surface area contributed by atoms with Gasteiger partial charge in [0, 0.05) is 6.54 Å². The molecule has 0 aliphatic carbocycles. The Bertz CT molecular complexity index is 426. The zero-order valence-electron chi connectivity index (χ0n) is 8.83. The topological polar surface area (TPSA) is 26.0 Å². The molecule has 0 heterocycles. The van der Waals surface area contributed by atoms with Gasteiger partial charge in [-0.1, -0.05) is 36.4 Å². The maximum atomic E-state index is 5.55. The predicted octanol–water partition coefficient (Wildman–Crippen LogP) is 2.92. The minimum atomic E-state index is 0.598. The third-order valence-corrected chi connectivity index (χ3v) is 2.49. The molecular formula is C14H14N. The average Bonchev–Trinajstić information content (AvgIpc) is 2.30. The Morgan fingerprint density at radius 1 is 1.00 bits per heavy atom. The first kappa shape index (κ1) is 9.94. The summed E-state index contributed by atoms with van der Waals surface area (Å²) < 4.78 is 0. The predicted molar refractivity (Wildman–Crippen MR) is 63.3 cm³/mol. The molecule has 2 aromatic rings. The second-order valence-corrected chi connectivity index (χ2v) is 3.66. The van der Waals surface area contributed by atoms with Crippen molar-refractivity contribution in [2.75, 3.05) is 0 Å². The van der Waals surface area contributed by atoms with E-state index in [1.807, 2.05) is 13.0 Å². The first-order chi connectivity index (χ1) is 7.29. The first-order valence-corrected chi connectivity index (χ1v) is 5.07. The summed E-state index contributed by atoms with van der Waals surface area (Å²) in [6.07, 6.45) is 0. The van der Waals surface area contributed by atoms with Crippen LogP contribution in [0.25, 0.3) is 11.1 Å². The second-order valence-electron chi connectivity index (χ2n) is 3.66. The van der Waals surface area contributed by atoms with Crippen LogP contribution in [0, 0.1) is 13.0 Å². The van der Waals surface area contributed by atoms with Crippen molar-refractivity contribution in [2.24, 2.45) is 5.73 Å². The number of aryl methyl sites for hydroxylation is 1. The number of rotatable bonds is 2. The van der Waals surface area contributed by atoms with Crippen LogP contribution < -0.4 is 5.73 Å². The Morgan fingerprint density at radius 3 is 2.20 bits per heavy atom. The third kappa shape index (κ3) is 2.25. The molecule has 2 rings (SSSR count). The Morgan fingerprint density at radius 2 is 1.67 bits per heavy atom. The van der Waals surface area contributed by atoms with Crippen LogP contribution in [-0.2, 0) is 6.54 Å². The van der Waals surface area contributed by atoms with Crippen LogP contribution in [0.4, 0.5) is 0 Å². The molecule has 0 atom stereocenters. The van der Waals surface area contributed by atoms with Gasteiger partial charge in [-0.25, -0.2) is 0 Å². The molecule has 1 nitrogen and oxygen atoms in total. The summed E-state index contributed by atoms with van der Waals surface area (Å²) in [6.45, 7) is 2.64. The Hall–Kier alpha value is -1.60. The molecule has 0 aliphatic rings. The molecule has 0 aromatic heterocycles. The fourth-order valence-corrected chi connectivity index (χ4v) is 1.52. The monoisotopic (exact) mass is 196 g/mol. The number of hydrogen-bond acceptors (Lipinski definition) is 1. The van der Waals surface area contributed by atoms with Crippen LogP contribution in [0.3, 0.4) is 0 Å². The summed E-state index contributed by atoms with van der Waals surface area (Å²) in [4.78, 5) is 0. The van der Waals surface area contributed by atoms with Gasteiger partial charge in [-0.05, 0) is 41.3 Å². The largest absolute Gasteiger partial charge is 0.326 e. The van der Waals surface area contributed by atoms with Crippen molar-refractivity contribution in [2.45, 2.75) is 13.5 Å². The Kier molecular flexibility index (Phi) is 2.84. The molecule has 0 amide bonds. The van der Waals surface area contributed by atoms with Crippen molar-refractivity contribution in [3.8, 4) is 11.1 Å². The molecule has 0 spiro atoms. The molecule has 75 valence electrons. The molecule has 0 aliphatic heterocycles. The van der Waals surface area contributed by atoms with E-state index in [9.17, 15) is 0 Å². The molecule has 0 saturated carbocycles. The summed E-state index contributed by atoms with van der Waals surface area (Å²) in [7, 11) is 0. The van der Waals surface area contributed by atoms with Gasteiger partial charge in [-0.2, -0.15) is 0 Å². The summed E-state index contributed by atoms with van der Waals surface area (Å²) in [6, 6.07) is 17.7. The van der Waals surface area contributed by atoms with Crippen molar-refractivity contribution in [3.05, 3.63) is 59.7 Å². The van der Waals surface area contributed by atoms with E-state index in [1.165, 1.54) is 11.1 Å². The molecule has 1 radical (unpaired) electrons. The molecule has 0 fully saturated rings. The maximum absolute atomic E-state index is 5.55. The molecule has 15 heavy (non-hydrogen) atoms. The van der Waals surface area contributed by atoms with E-state index in [0.717, 1.165) is 11.1 Å². The lowest BCUT2D eigenvalue weighted by Crippen LogP contribution is -1.95. The van der Waals surface area contributed by atoms with Crippen molar-refractivity contribution in [1.29, 1.82) is 0 Å². The molecule has 0 bridgehead atoms. The van der Waals surface area contributed by atoms with E-state index in [2.05, 4.69) is 42.5 Å². The minimum Gasteiger partial charge on any atom is -0.326 e. The molecular weight excluding hydrogens is 182 g/mol. The van der Waals surface area contributed by atoms with E-state index in [4.69, 9.17) is 5.73 Å². The summed E-state index contributed by atoms with van der Waals surface area (Å²) in [5.41, 5.74) is 10.3. The smallest absolute Gasteiger partial charge is 0.0178 e. The van der Waals surface area contributed by atoms with Gasteiger partial charge in [0.2, 0.25) is 0 Å². The lowest BCUT2D eigenvalue weighted by atomic mass is 10.0. The summed E-state index contributed by atoms with van der Waals surface area (Å²) in [5.74, 6) is 0. The van der Waals surface area contributed by atoms with Gasteiger partial charge in [0.05, 0.1) is 0 Å². The maximum Gasteiger partial charge on any atom is 0.0178 e. The van der Waals surface area contributed by atoms with Crippen LogP contribution in [0.15, 0.2) is 42.5 Å². The Labute approximate surface area is 90.6 Å². The lowest BCUT2D eigenvalue weighted by molar-refractivity contribution is 1.07. The van der Waals surface area contributed by atoms with Crippen LogP contribution >= 0.6 is 0 Å². The first-order valence-electron chi connectivity index (χ1n) is 5.07. The fourth-order valence-electron chi connectivity index (χ4n) is 1.52. The van der Waals surface area contributed by atoms with Gasteiger partial charge in [0.25, 0.3) is 0 Å². The highest BCUT2D eigenvalue weighted by Gasteiger charge is 1.96. The van der Waals surface area contributed by atoms with Crippen LogP contribution in [0.5, 0.6) is 0 Å². The van der Waals surface area contributed by atoms with Gasteiger partial charge in [-0.15, -0.1) is 0 Å². The quantitative estimate of drug-likeness (QED) is 0.785. The molecule has 0 saturated heterocycles. The fraction of sp³-hybridized carbons (Fsp3) is 0.143. The normalized spacial score (nSPS) is 10.3. The van der Waals surface area contributed by atoms with E-state index in [1.54, 1.807) is 0 Å². The minimum absolute atomic E-state index is 0.598. The van der Waals surface area contributed by atoms with Crippen LogP contribution in [-0.4, -0.2) is 0 Å². The molecule has 2 aromatic carbocycles. The van der Waals surface area contributed by atoms with E-state index in [-0.39, 0.29) is 0 Å². The Balaban J connectivity index is 2.33. The van der Waals surface area contributed by atoms with Gasteiger partial charge >= 0.3 is 0 Å². The van der Waals surface area contributed by atoms with Crippen molar-refractivity contribution < 1.29 is 0 Å². The van der Waals surface area contributed by atoms with Crippen molar-refractivity contribution in [1.82, 2.24) is 0 Å².